The maximum Gasteiger partial charge on any atom is 0.307 e. The van der Waals surface area contributed by atoms with Crippen molar-refractivity contribution in [3.8, 4) is 11.4 Å². The van der Waals surface area contributed by atoms with Crippen LogP contribution in [0, 0.1) is 17.2 Å². The van der Waals surface area contributed by atoms with Crippen LogP contribution in [-0.4, -0.2) is 27.4 Å². The van der Waals surface area contributed by atoms with Crippen LogP contribution >= 0.6 is 0 Å². The molecule has 2 N–H and O–H groups in total. The van der Waals surface area contributed by atoms with Crippen LogP contribution in [0.3, 0.4) is 0 Å². The molecule has 3 aliphatic rings. The van der Waals surface area contributed by atoms with Gasteiger partial charge in [0.1, 0.15) is 11.6 Å². The number of ether oxygens (including phenoxy) is 1. The third-order valence-corrected chi connectivity index (χ3v) is 7.63. The van der Waals surface area contributed by atoms with Gasteiger partial charge in [-0.25, -0.2) is 4.39 Å². The molecular weight excluding hydrogens is 397 g/mol. The number of aromatic hydroxyl groups is 1. The number of fused-ring (bicyclic) bond motifs is 4. The molecule has 1 aliphatic heterocycles. The summed E-state index contributed by atoms with van der Waals surface area (Å²) in [6, 6.07) is 11.8. The first kappa shape index (κ1) is 18.9. The molecule has 0 saturated heterocycles. The normalized spacial score (nSPS) is 27.3. The van der Waals surface area contributed by atoms with E-state index in [1.54, 1.807) is 18.2 Å². The van der Waals surface area contributed by atoms with Crippen LogP contribution in [0.1, 0.15) is 44.4 Å². The van der Waals surface area contributed by atoms with Gasteiger partial charge in [-0.3, -0.25) is 4.79 Å². The molecule has 31 heavy (non-hydrogen) atoms. The number of carboxylic acids is 1. The Balaban J connectivity index is 1.62. The molecule has 0 bridgehead atoms. The van der Waals surface area contributed by atoms with Crippen LogP contribution in [-0.2, 0) is 20.5 Å². The molecule has 1 unspecified atom stereocenters. The number of aromatic nitrogens is 1. The van der Waals surface area contributed by atoms with Crippen molar-refractivity contribution in [3.05, 3.63) is 59.5 Å². The maximum absolute atomic E-state index is 13.7. The minimum absolute atomic E-state index is 0.182. The molecule has 2 saturated carbocycles. The Morgan fingerprint density at radius 3 is 2.52 bits per heavy atom. The van der Waals surface area contributed by atoms with Gasteiger partial charge in [-0.05, 0) is 61.1 Å². The number of carboxylic acid groups (broad SMARTS) is 1. The number of hydrogen-bond acceptors (Lipinski definition) is 3. The number of hydrogen-bond donors (Lipinski definition) is 2. The van der Waals surface area contributed by atoms with Gasteiger partial charge in [0.2, 0.25) is 0 Å². The van der Waals surface area contributed by atoms with E-state index in [0.29, 0.717) is 25.9 Å². The zero-order valence-corrected chi connectivity index (χ0v) is 17.5. The van der Waals surface area contributed by atoms with Crippen molar-refractivity contribution in [2.75, 3.05) is 6.61 Å². The lowest BCUT2D eigenvalue weighted by Gasteiger charge is -2.54. The summed E-state index contributed by atoms with van der Waals surface area (Å²) >= 11 is 0. The van der Waals surface area contributed by atoms with Gasteiger partial charge in [-0.15, -0.1) is 0 Å². The highest BCUT2D eigenvalue weighted by molar-refractivity contribution is 5.94. The van der Waals surface area contributed by atoms with E-state index >= 15 is 0 Å². The van der Waals surface area contributed by atoms with E-state index in [0.717, 1.165) is 27.8 Å². The fraction of sp³-hybridized carbons (Fsp3) is 0.400. The molecule has 5 nitrogen and oxygen atoms in total. The van der Waals surface area contributed by atoms with Crippen LogP contribution in [0.2, 0.25) is 0 Å². The molecule has 2 aromatic carbocycles. The summed E-state index contributed by atoms with van der Waals surface area (Å²) in [5.41, 5.74) is 2.54. The van der Waals surface area contributed by atoms with Gasteiger partial charge >= 0.3 is 5.97 Å². The summed E-state index contributed by atoms with van der Waals surface area (Å²) in [6.45, 7) is 4.71. The van der Waals surface area contributed by atoms with Gasteiger partial charge in [0, 0.05) is 27.7 Å². The zero-order chi connectivity index (χ0) is 21.8. The minimum atomic E-state index is -0.734. The number of nitrogens with zero attached hydrogens (tertiary/aromatic N) is 1. The maximum atomic E-state index is 13.7. The summed E-state index contributed by atoms with van der Waals surface area (Å²) in [5.74, 6) is -1.16. The van der Waals surface area contributed by atoms with E-state index in [2.05, 4.69) is 18.4 Å². The lowest BCUT2D eigenvalue weighted by atomic mass is 9.60. The first-order valence-electron chi connectivity index (χ1n) is 10.7. The Hall–Kier alpha value is -2.86. The SMILES string of the molecule is CC1(C)COC2(CC3(CC3C(=O)O)C2)c2c1n(-c1ccc(F)cc1)c1cccc(O)c21. The van der Waals surface area contributed by atoms with Crippen molar-refractivity contribution in [1.82, 2.24) is 4.57 Å². The van der Waals surface area contributed by atoms with E-state index in [-0.39, 0.29) is 28.3 Å². The van der Waals surface area contributed by atoms with Crippen LogP contribution in [0.25, 0.3) is 16.6 Å². The number of phenols is 1. The molecule has 2 aliphatic carbocycles. The lowest BCUT2D eigenvalue weighted by Crippen LogP contribution is -2.52. The first-order valence-corrected chi connectivity index (χ1v) is 10.7. The van der Waals surface area contributed by atoms with E-state index in [9.17, 15) is 19.4 Å². The highest BCUT2D eigenvalue weighted by Gasteiger charge is 2.72. The van der Waals surface area contributed by atoms with Crippen LogP contribution in [0.15, 0.2) is 42.5 Å². The highest BCUT2D eigenvalue weighted by Crippen LogP contribution is 2.74. The molecule has 6 rings (SSSR count). The topological polar surface area (TPSA) is 71.7 Å². The standard InChI is InChI=1S/C25H24FNO4/c1-23(2)13-31-25(11-24(12-25)10-16(24)22(29)30)20-19-17(4-3-5-18(19)28)27(21(20)23)15-8-6-14(26)7-9-15/h3-9,16,28H,10-13H2,1-2H3,(H,29,30). The summed E-state index contributed by atoms with van der Waals surface area (Å²) in [4.78, 5) is 11.6. The third-order valence-electron chi connectivity index (χ3n) is 7.63. The van der Waals surface area contributed by atoms with Gasteiger partial charge in [-0.1, -0.05) is 19.9 Å². The van der Waals surface area contributed by atoms with Crippen LogP contribution in [0.4, 0.5) is 4.39 Å². The molecule has 1 atom stereocenters. The second-order valence-corrected chi connectivity index (χ2v) is 10.2. The quantitative estimate of drug-likeness (QED) is 0.620. The Morgan fingerprint density at radius 2 is 1.87 bits per heavy atom. The first-order chi connectivity index (χ1) is 14.7. The zero-order valence-electron chi connectivity index (χ0n) is 17.5. The van der Waals surface area contributed by atoms with E-state index in [1.807, 2.05) is 12.1 Å². The predicted molar refractivity (Wildman–Crippen MR) is 113 cm³/mol. The highest BCUT2D eigenvalue weighted by atomic mass is 19.1. The molecule has 2 fully saturated rings. The van der Waals surface area contributed by atoms with Gasteiger partial charge in [0.25, 0.3) is 0 Å². The number of halogens is 1. The van der Waals surface area contributed by atoms with E-state index in [1.165, 1.54) is 12.1 Å². The van der Waals surface area contributed by atoms with Crippen molar-refractivity contribution in [2.45, 2.75) is 44.1 Å². The smallest absolute Gasteiger partial charge is 0.307 e. The monoisotopic (exact) mass is 421 g/mol. The third kappa shape index (κ3) is 2.37. The largest absolute Gasteiger partial charge is 0.507 e. The van der Waals surface area contributed by atoms with Crippen molar-refractivity contribution in [2.24, 2.45) is 11.3 Å². The van der Waals surface area contributed by atoms with Crippen molar-refractivity contribution in [3.63, 3.8) is 0 Å². The Morgan fingerprint density at radius 1 is 1.16 bits per heavy atom. The van der Waals surface area contributed by atoms with E-state index in [4.69, 9.17) is 4.74 Å². The van der Waals surface area contributed by atoms with Crippen molar-refractivity contribution in [1.29, 1.82) is 0 Å². The lowest BCUT2D eigenvalue weighted by molar-refractivity contribution is -0.174. The van der Waals surface area contributed by atoms with Gasteiger partial charge < -0.3 is 19.5 Å². The van der Waals surface area contributed by atoms with Crippen LogP contribution in [0.5, 0.6) is 5.75 Å². The van der Waals surface area contributed by atoms with Gasteiger partial charge in [-0.2, -0.15) is 0 Å². The number of phenolic OH excluding ortho intramolecular Hbond substituents is 1. The van der Waals surface area contributed by atoms with E-state index < -0.39 is 11.6 Å². The fourth-order valence-electron chi connectivity index (χ4n) is 6.18. The average molecular weight is 421 g/mol. The van der Waals surface area contributed by atoms with Crippen LogP contribution < -0.4 is 0 Å². The molecule has 1 aromatic heterocycles. The summed E-state index contributed by atoms with van der Waals surface area (Å²) in [7, 11) is 0. The summed E-state index contributed by atoms with van der Waals surface area (Å²) in [6.07, 6.45) is 1.99. The molecule has 0 radical (unpaired) electrons. The Labute approximate surface area is 179 Å². The number of benzene rings is 2. The predicted octanol–water partition coefficient (Wildman–Crippen LogP) is 4.86. The fourth-order valence-corrected chi connectivity index (χ4v) is 6.18. The molecule has 2 spiro atoms. The number of aliphatic carboxylic acids is 1. The second kappa shape index (κ2) is 5.68. The van der Waals surface area contributed by atoms with Crippen molar-refractivity contribution < 1.29 is 24.1 Å². The molecule has 0 amide bonds. The molecule has 2 heterocycles. The molecular formula is C25H24FNO4. The minimum Gasteiger partial charge on any atom is -0.507 e. The molecule has 6 heteroatoms. The van der Waals surface area contributed by atoms with Gasteiger partial charge in [0.05, 0.1) is 23.6 Å². The summed E-state index contributed by atoms with van der Waals surface area (Å²) in [5, 5.41) is 21.2. The van der Waals surface area contributed by atoms with Gasteiger partial charge in [0.15, 0.2) is 0 Å². The number of rotatable bonds is 2. The molecule has 3 aromatic rings. The average Bonchev–Trinajstić information content (AvgIpc) is 3.31. The second-order valence-electron chi connectivity index (χ2n) is 10.2. The Bertz CT molecular complexity index is 1250. The Kier molecular flexibility index (Phi) is 3.46. The van der Waals surface area contributed by atoms with Crippen molar-refractivity contribution >= 4 is 16.9 Å². The number of carbonyl (C=O) groups is 1. The molecule has 160 valence electrons. The summed E-state index contributed by atoms with van der Waals surface area (Å²) < 4.78 is 22.3.